The van der Waals surface area contributed by atoms with Gasteiger partial charge >= 0.3 is 0 Å². The van der Waals surface area contributed by atoms with Gasteiger partial charge in [-0.2, -0.15) is 5.10 Å². The number of pyridine rings is 1. The second-order valence-electron chi connectivity index (χ2n) is 6.49. The van der Waals surface area contributed by atoms with Crippen LogP contribution in [0.1, 0.15) is 29.3 Å². The molecule has 2 aromatic rings. The Bertz CT molecular complexity index is 795. The Balaban J connectivity index is 1.61. The number of carbonyl (C=O) groups is 1. The van der Waals surface area contributed by atoms with Gasteiger partial charge in [-0.05, 0) is 19.4 Å². The second kappa shape index (κ2) is 7.65. The highest BCUT2D eigenvalue weighted by Crippen LogP contribution is 2.11. The maximum Gasteiger partial charge on any atom is 0.254 e. The number of hydrogen-bond donors (Lipinski definition) is 0. The molecule has 1 aliphatic rings. The number of hydrogen-bond acceptors (Lipinski definition) is 4. The van der Waals surface area contributed by atoms with E-state index in [9.17, 15) is 9.59 Å². The monoisotopic (exact) mass is 343 g/mol. The van der Waals surface area contributed by atoms with Crippen LogP contribution in [0.5, 0.6) is 0 Å². The molecule has 7 heteroatoms. The first-order chi connectivity index (χ1) is 12.1. The molecule has 7 nitrogen and oxygen atoms in total. The lowest BCUT2D eigenvalue weighted by Crippen LogP contribution is -2.35. The Morgan fingerprint density at radius 2 is 2.08 bits per heavy atom. The SMILES string of the molecule is CCn1cc(CN2CCCN(C(=O)c3ccn(C)c(=O)c3)CC2)cn1. The van der Waals surface area contributed by atoms with Gasteiger partial charge < -0.3 is 9.47 Å². The number of rotatable bonds is 4. The summed E-state index contributed by atoms with van der Waals surface area (Å²) in [6, 6.07) is 3.13. The molecule has 2 aromatic heterocycles. The zero-order valence-electron chi connectivity index (χ0n) is 14.9. The van der Waals surface area contributed by atoms with Crippen LogP contribution in [0.25, 0.3) is 0 Å². The van der Waals surface area contributed by atoms with Crippen molar-refractivity contribution in [1.29, 1.82) is 0 Å². The lowest BCUT2D eigenvalue weighted by atomic mass is 10.2. The molecule has 1 amide bonds. The van der Waals surface area contributed by atoms with Crippen LogP contribution in [0.15, 0.2) is 35.5 Å². The number of amides is 1. The number of aryl methyl sites for hydroxylation is 2. The molecular weight excluding hydrogens is 318 g/mol. The molecule has 134 valence electrons. The van der Waals surface area contributed by atoms with Gasteiger partial charge in [-0.25, -0.2) is 0 Å². The Hall–Kier alpha value is -2.41. The highest BCUT2D eigenvalue weighted by atomic mass is 16.2. The molecule has 1 saturated heterocycles. The Kier molecular flexibility index (Phi) is 5.33. The molecule has 0 radical (unpaired) electrons. The summed E-state index contributed by atoms with van der Waals surface area (Å²) in [6.45, 7) is 6.98. The average molecular weight is 343 g/mol. The van der Waals surface area contributed by atoms with E-state index in [0.717, 1.165) is 39.1 Å². The third kappa shape index (κ3) is 4.17. The largest absolute Gasteiger partial charge is 0.337 e. The quantitative estimate of drug-likeness (QED) is 0.829. The van der Waals surface area contributed by atoms with Gasteiger partial charge in [0.15, 0.2) is 0 Å². The molecule has 0 unspecified atom stereocenters. The van der Waals surface area contributed by atoms with Crippen LogP contribution in [-0.4, -0.2) is 56.2 Å². The summed E-state index contributed by atoms with van der Waals surface area (Å²) in [5, 5.41) is 4.32. The molecule has 3 heterocycles. The van der Waals surface area contributed by atoms with Crippen molar-refractivity contribution in [2.24, 2.45) is 7.05 Å². The Labute approximate surface area is 147 Å². The molecule has 3 rings (SSSR count). The van der Waals surface area contributed by atoms with E-state index in [1.165, 1.54) is 16.2 Å². The molecule has 0 saturated carbocycles. The van der Waals surface area contributed by atoms with Crippen molar-refractivity contribution in [1.82, 2.24) is 24.1 Å². The first-order valence-corrected chi connectivity index (χ1v) is 8.76. The van der Waals surface area contributed by atoms with Crippen LogP contribution in [0.2, 0.25) is 0 Å². The Morgan fingerprint density at radius 3 is 2.80 bits per heavy atom. The van der Waals surface area contributed by atoms with Crippen LogP contribution in [-0.2, 0) is 20.1 Å². The minimum atomic E-state index is -0.157. The smallest absolute Gasteiger partial charge is 0.254 e. The van der Waals surface area contributed by atoms with E-state index in [4.69, 9.17) is 0 Å². The van der Waals surface area contributed by atoms with Crippen LogP contribution in [0, 0.1) is 0 Å². The first-order valence-electron chi connectivity index (χ1n) is 8.76. The van der Waals surface area contributed by atoms with E-state index < -0.39 is 0 Å². The third-order valence-electron chi connectivity index (χ3n) is 4.64. The predicted molar refractivity (Wildman–Crippen MR) is 95.4 cm³/mol. The van der Waals surface area contributed by atoms with Crippen molar-refractivity contribution in [3.63, 3.8) is 0 Å². The van der Waals surface area contributed by atoms with Crippen LogP contribution in [0.4, 0.5) is 0 Å². The molecule has 0 spiro atoms. The minimum absolute atomic E-state index is 0.0571. The number of carbonyl (C=O) groups excluding carboxylic acids is 1. The standard InChI is InChI=1S/C18H25N5O2/c1-3-23-14-15(12-19-23)13-21-6-4-7-22(10-9-21)18(25)16-5-8-20(2)17(24)11-16/h5,8,11-12,14H,3-4,6-7,9-10,13H2,1-2H3. The van der Waals surface area contributed by atoms with Crippen molar-refractivity contribution in [2.45, 2.75) is 26.4 Å². The van der Waals surface area contributed by atoms with E-state index in [0.29, 0.717) is 12.1 Å². The van der Waals surface area contributed by atoms with E-state index in [-0.39, 0.29) is 11.5 Å². The summed E-state index contributed by atoms with van der Waals surface area (Å²) in [6.07, 6.45) is 6.56. The van der Waals surface area contributed by atoms with Crippen molar-refractivity contribution < 1.29 is 4.79 Å². The van der Waals surface area contributed by atoms with Gasteiger partial charge in [0.25, 0.3) is 11.5 Å². The average Bonchev–Trinajstić information content (AvgIpc) is 2.94. The van der Waals surface area contributed by atoms with Crippen LogP contribution >= 0.6 is 0 Å². The molecule has 0 aliphatic carbocycles. The highest BCUT2D eigenvalue weighted by molar-refractivity contribution is 5.94. The summed E-state index contributed by atoms with van der Waals surface area (Å²) in [7, 11) is 1.68. The zero-order chi connectivity index (χ0) is 17.8. The van der Waals surface area contributed by atoms with E-state index >= 15 is 0 Å². The second-order valence-corrected chi connectivity index (χ2v) is 6.49. The highest BCUT2D eigenvalue weighted by Gasteiger charge is 2.21. The van der Waals surface area contributed by atoms with Gasteiger partial charge in [-0.1, -0.05) is 0 Å². The van der Waals surface area contributed by atoms with Gasteiger partial charge in [0.05, 0.1) is 6.20 Å². The van der Waals surface area contributed by atoms with Gasteiger partial charge in [-0.15, -0.1) is 0 Å². The molecule has 0 aromatic carbocycles. The summed E-state index contributed by atoms with van der Waals surface area (Å²) < 4.78 is 3.40. The zero-order valence-corrected chi connectivity index (χ0v) is 14.9. The van der Waals surface area contributed by atoms with Crippen molar-refractivity contribution in [2.75, 3.05) is 26.2 Å². The molecule has 25 heavy (non-hydrogen) atoms. The fraction of sp³-hybridized carbons (Fsp3) is 0.500. The molecule has 1 fully saturated rings. The fourth-order valence-corrected chi connectivity index (χ4v) is 3.12. The lowest BCUT2D eigenvalue weighted by Gasteiger charge is -2.21. The normalized spacial score (nSPS) is 16.0. The van der Waals surface area contributed by atoms with Crippen LogP contribution in [0.3, 0.4) is 0 Å². The van der Waals surface area contributed by atoms with Crippen molar-refractivity contribution in [3.05, 3.63) is 52.2 Å². The molecular formula is C18H25N5O2. The number of aromatic nitrogens is 3. The molecule has 0 bridgehead atoms. The van der Waals surface area contributed by atoms with E-state index in [1.54, 1.807) is 19.3 Å². The van der Waals surface area contributed by atoms with Crippen molar-refractivity contribution >= 4 is 5.91 Å². The summed E-state index contributed by atoms with van der Waals surface area (Å²) in [4.78, 5) is 28.6. The first kappa shape index (κ1) is 17.4. The van der Waals surface area contributed by atoms with Gasteiger partial charge in [0.1, 0.15) is 0 Å². The summed E-state index contributed by atoms with van der Waals surface area (Å²) >= 11 is 0. The topological polar surface area (TPSA) is 63.4 Å². The molecule has 1 aliphatic heterocycles. The van der Waals surface area contributed by atoms with Crippen molar-refractivity contribution in [3.8, 4) is 0 Å². The maximum atomic E-state index is 12.7. The third-order valence-corrected chi connectivity index (χ3v) is 4.64. The minimum Gasteiger partial charge on any atom is -0.337 e. The fourth-order valence-electron chi connectivity index (χ4n) is 3.12. The summed E-state index contributed by atoms with van der Waals surface area (Å²) in [5.41, 5.74) is 1.52. The van der Waals surface area contributed by atoms with Gasteiger partial charge in [0.2, 0.25) is 0 Å². The Morgan fingerprint density at radius 1 is 1.24 bits per heavy atom. The maximum absolute atomic E-state index is 12.7. The summed E-state index contributed by atoms with van der Waals surface area (Å²) in [5.74, 6) is -0.0571. The lowest BCUT2D eigenvalue weighted by molar-refractivity contribution is 0.0760. The predicted octanol–water partition coefficient (Wildman–Crippen LogP) is 0.950. The van der Waals surface area contributed by atoms with Crippen LogP contribution < -0.4 is 5.56 Å². The molecule has 0 N–H and O–H groups in total. The number of nitrogens with zero attached hydrogens (tertiary/aromatic N) is 5. The van der Waals surface area contributed by atoms with Gasteiger partial charge in [0, 0.05) is 75.9 Å². The van der Waals surface area contributed by atoms with Gasteiger partial charge in [-0.3, -0.25) is 19.2 Å². The van der Waals surface area contributed by atoms with E-state index in [1.807, 2.05) is 15.8 Å². The van der Waals surface area contributed by atoms with E-state index in [2.05, 4.69) is 23.1 Å². The molecule has 0 atom stereocenters.